The van der Waals surface area contributed by atoms with E-state index in [1.807, 2.05) is 37.3 Å². The molecule has 6 nitrogen and oxygen atoms in total. The number of amides is 3. The van der Waals surface area contributed by atoms with E-state index in [9.17, 15) is 9.59 Å². The van der Waals surface area contributed by atoms with Gasteiger partial charge in [-0.05, 0) is 43.5 Å². The Balaban J connectivity index is 1.75. The SMILES string of the molecule is CCNC(=O)NC(=O)[C@H](c1ccccc1)N1CCN(c2cccc(C)c2C)CC1. The summed E-state index contributed by atoms with van der Waals surface area (Å²) in [4.78, 5) is 29.4. The summed E-state index contributed by atoms with van der Waals surface area (Å²) in [7, 11) is 0. The maximum absolute atomic E-state index is 13.0. The Hall–Kier alpha value is -2.86. The predicted molar refractivity (Wildman–Crippen MR) is 116 cm³/mol. The number of urea groups is 1. The average molecular weight is 395 g/mol. The van der Waals surface area contributed by atoms with E-state index in [4.69, 9.17) is 0 Å². The summed E-state index contributed by atoms with van der Waals surface area (Å²) in [6.07, 6.45) is 0. The molecule has 2 N–H and O–H groups in total. The maximum Gasteiger partial charge on any atom is 0.321 e. The zero-order valence-corrected chi connectivity index (χ0v) is 17.4. The fraction of sp³-hybridized carbons (Fsp3) is 0.391. The first kappa shape index (κ1) is 20.9. The van der Waals surface area contributed by atoms with Gasteiger partial charge in [0, 0.05) is 38.4 Å². The van der Waals surface area contributed by atoms with Gasteiger partial charge in [-0.2, -0.15) is 0 Å². The van der Waals surface area contributed by atoms with Crippen molar-refractivity contribution in [2.24, 2.45) is 0 Å². The molecule has 2 aromatic carbocycles. The molecule has 1 aliphatic rings. The van der Waals surface area contributed by atoms with Gasteiger partial charge in [0.2, 0.25) is 5.91 Å². The van der Waals surface area contributed by atoms with Crippen LogP contribution in [-0.2, 0) is 4.79 Å². The van der Waals surface area contributed by atoms with Crippen LogP contribution in [0.3, 0.4) is 0 Å². The normalized spacial score (nSPS) is 15.6. The van der Waals surface area contributed by atoms with Crippen molar-refractivity contribution in [1.82, 2.24) is 15.5 Å². The molecule has 1 aliphatic heterocycles. The van der Waals surface area contributed by atoms with Crippen molar-refractivity contribution in [2.75, 3.05) is 37.6 Å². The Bertz CT molecular complexity index is 845. The number of hydrogen-bond acceptors (Lipinski definition) is 4. The average Bonchev–Trinajstić information content (AvgIpc) is 2.72. The van der Waals surface area contributed by atoms with E-state index in [-0.39, 0.29) is 5.91 Å². The third-order valence-electron chi connectivity index (χ3n) is 5.53. The van der Waals surface area contributed by atoms with Crippen molar-refractivity contribution in [3.8, 4) is 0 Å². The summed E-state index contributed by atoms with van der Waals surface area (Å²) in [5.41, 5.74) is 4.74. The molecule has 0 bridgehead atoms. The monoisotopic (exact) mass is 394 g/mol. The standard InChI is InChI=1S/C23H30N4O2/c1-4-24-23(29)25-22(28)21(19-10-6-5-7-11-19)27-15-13-26(14-16-27)20-12-8-9-17(2)18(20)3/h5-12,21H,4,13-16H2,1-3H3,(H2,24,25,28,29)/t21-/m0/s1. The molecule has 3 amide bonds. The van der Waals surface area contributed by atoms with Gasteiger partial charge in [-0.25, -0.2) is 4.79 Å². The van der Waals surface area contributed by atoms with E-state index in [1.54, 1.807) is 0 Å². The Morgan fingerprint density at radius 1 is 0.966 bits per heavy atom. The fourth-order valence-electron chi connectivity index (χ4n) is 3.85. The molecule has 1 saturated heterocycles. The second kappa shape index (κ2) is 9.56. The molecular formula is C23H30N4O2. The number of carbonyl (C=O) groups excluding carboxylic acids is 2. The van der Waals surface area contributed by atoms with E-state index in [0.29, 0.717) is 6.54 Å². The minimum absolute atomic E-state index is 0.290. The highest BCUT2D eigenvalue weighted by molar-refractivity contribution is 5.97. The number of carbonyl (C=O) groups is 2. The number of anilines is 1. The number of hydrogen-bond donors (Lipinski definition) is 2. The van der Waals surface area contributed by atoms with Crippen LogP contribution in [0.25, 0.3) is 0 Å². The minimum Gasteiger partial charge on any atom is -0.369 e. The first-order chi connectivity index (χ1) is 14.0. The second-order valence-electron chi connectivity index (χ2n) is 7.40. The van der Waals surface area contributed by atoms with Crippen LogP contribution in [0.15, 0.2) is 48.5 Å². The van der Waals surface area contributed by atoms with Crippen LogP contribution in [0.1, 0.15) is 29.7 Å². The first-order valence-electron chi connectivity index (χ1n) is 10.2. The molecule has 6 heteroatoms. The Morgan fingerprint density at radius 3 is 2.31 bits per heavy atom. The van der Waals surface area contributed by atoms with E-state index in [0.717, 1.165) is 31.7 Å². The number of nitrogens with zero attached hydrogens (tertiary/aromatic N) is 2. The molecular weight excluding hydrogens is 364 g/mol. The lowest BCUT2D eigenvalue weighted by molar-refractivity contribution is -0.125. The summed E-state index contributed by atoms with van der Waals surface area (Å²) in [6.45, 7) is 9.75. The smallest absolute Gasteiger partial charge is 0.321 e. The summed E-state index contributed by atoms with van der Waals surface area (Å²) < 4.78 is 0. The van der Waals surface area contributed by atoms with Crippen LogP contribution >= 0.6 is 0 Å². The first-order valence-corrected chi connectivity index (χ1v) is 10.2. The second-order valence-corrected chi connectivity index (χ2v) is 7.40. The van der Waals surface area contributed by atoms with Gasteiger partial charge in [0.15, 0.2) is 0 Å². The number of aryl methyl sites for hydroxylation is 1. The highest BCUT2D eigenvalue weighted by Gasteiger charge is 2.31. The Morgan fingerprint density at radius 2 is 1.66 bits per heavy atom. The zero-order chi connectivity index (χ0) is 20.8. The number of benzene rings is 2. The zero-order valence-electron chi connectivity index (χ0n) is 17.4. The number of rotatable bonds is 5. The van der Waals surface area contributed by atoms with E-state index in [2.05, 4.69) is 52.5 Å². The quantitative estimate of drug-likeness (QED) is 0.818. The predicted octanol–water partition coefficient (Wildman–Crippen LogP) is 3.01. The van der Waals surface area contributed by atoms with E-state index in [1.165, 1.54) is 16.8 Å². The van der Waals surface area contributed by atoms with Gasteiger partial charge >= 0.3 is 6.03 Å². The summed E-state index contributed by atoms with van der Waals surface area (Å²) in [6, 6.07) is 15.1. The molecule has 0 aromatic heterocycles. The van der Waals surface area contributed by atoms with Crippen molar-refractivity contribution in [2.45, 2.75) is 26.8 Å². The highest BCUT2D eigenvalue weighted by atomic mass is 16.2. The summed E-state index contributed by atoms with van der Waals surface area (Å²) >= 11 is 0. The third-order valence-corrected chi connectivity index (χ3v) is 5.53. The van der Waals surface area contributed by atoms with Crippen LogP contribution < -0.4 is 15.5 Å². The Kier molecular flexibility index (Phi) is 6.88. The van der Waals surface area contributed by atoms with Crippen LogP contribution in [0.4, 0.5) is 10.5 Å². The molecule has 0 radical (unpaired) electrons. The number of nitrogens with one attached hydrogen (secondary N) is 2. The molecule has 3 rings (SSSR count). The van der Waals surface area contributed by atoms with Gasteiger partial charge in [0.25, 0.3) is 0 Å². The van der Waals surface area contributed by atoms with Gasteiger partial charge in [-0.1, -0.05) is 42.5 Å². The molecule has 0 unspecified atom stereocenters. The number of piperazine rings is 1. The lowest BCUT2D eigenvalue weighted by Crippen LogP contribution is -2.52. The molecule has 2 aromatic rings. The third kappa shape index (κ3) is 4.95. The molecule has 0 aliphatic carbocycles. The van der Waals surface area contributed by atoms with E-state index < -0.39 is 12.1 Å². The minimum atomic E-state index is -0.487. The van der Waals surface area contributed by atoms with Crippen molar-refractivity contribution >= 4 is 17.6 Å². The Labute approximate surface area is 172 Å². The number of imide groups is 1. The lowest BCUT2D eigenvalue weighted by atomic mass is 10.0. The van der Waals surface area contributed by atoms with Crippen molar-refractivity contribution in [3.05, 3.63) is 65.2 Å². The van der Waals surface area contributed by atoms with Crippen molar-refractivity contribution in [1.29, 1.82) is 0 Å². The van der Waals surface area contributed by atoms with Crippen LogP contribution in [0.2, 0.25) is 0 Å². The van der Waals surface area contributed by atoms with Gasteiger partial charge < -0.3 is 10.2 Å². The van der Waals surface area contributed by atoms with Gasteiger partial charge in [0.1, 0.15) is 6.04 Å². The van der Waals surface area contributed by atoms with Crippen LogP contribution in [0, 0.1) is 13.8 Å². The van der Waals surface area contributed by atoms with E-state index >= 15 is 0 Å². The highest BCUT2D eigenvalue weighted by Crippen LogP contribution is 2.27. The molecule has 0 spiro atoms. The molecule has 29 heavy (non-hydrogen) atoms. The molecule has 1 atom stereocenters. The van der Waals surface area contributed by atoms with Gasteiger partial charge in [-0.15, -0.1) is 0 Å². The van der Waals surface area contributed by atoms with Crippen molar-refractivity contribution in [3.63, 3.8) is 0 Å². The molecule has 1 heterocycles. The lowest BCUT2D eigenvalue weighted by Gasteiger charge is -2.40. The van der Waals surface area contributed by atoms with Crippen LogP contribution in [0.5, 0.6) is 0 Å². The largest absolute Gasteiger partial charge is 0.369 e. The van der Waals surface area contributed by atoms with Crippen LogP contribution in [-0.4, -0.2) is 49.6 Å². The maximum atomic E-state index is 13.0. The fourth-order valence-corrected chi connectivity index (χ4v) is 3.85. The van der Waals surface area contributed by atoms with Gasteiger partial charge in [0.05, 0.1) is 0 Å². The summed E-state index contributed by atoms with van der Waals surface area (Å²) in [5, 5.41) is 5.12. The molecule has 1 fully saturated rings. The van der Waals surface area contributed by atoms with Gasteiger partial charge in [-0.3, -0.25) is 15.0 Å². The van der Waals surface area contributed by atoms with Crippen molar-refractivity contribution < 1.29 is 9.59 Å². The topological polar surface area (TPSA) is 64.7 Å². The molecule has 0 saturated carbocycles. The summed E-state index contributed by atoms with van der Waals surface area (Å²) in [5.74, 6) is -0.290. The molecule has 154 valence electrons.